The molecule has 1 aliphatic heterocycles. The summed E-state index contributed by atoms with van der Waals surface area (Å²) >= 11 is 6.00. The molecule has 2 atom stereocenters. The van der Waals surface area contributed by atoms with Gasteiger partial charge in [0, 0.05) is 41.3 Å². The maximum Gasteiger partial charge on any atom is 0.269 e. The number of nitrogens with two attached hydrogens (primary N) is 1. The number of nitrogens with one attached hydrogen (secondary N) is 1. The molecule has 3 N–H and O–H groups in total. The number of carbonyl (C=O) groups excluding carboxylic acids is 3. The van der Waals surface area contributed by atoms with Crippen LogP contribution in [-0.4, -0.2) is 56.1 Å². The van der Waals surface area contributed by atoms with Crippen LogP contribution in [0.25, 0.3) is 22.0 Å². The van der Waals surface area contributed by atoms with Crippen molar-refractivity contribution in [3.63, 3.8) is 0 Å². The van der Waals surface area contributed by atoms with Crippen molar-refractivity contribution >= 4 is 40.2 Å². The largest absolute Gasteiger partial charge is 0.364 e. The lowest BCUT2D eigenvalue weighted by Crippen LogP contribution is -2.46. The molecule has 0 spiro atoms. The Bertz CT molecular complexity index is 1530. The van der Waals surface area contributed by atoms with Crippen molar-refractivity contribution in [3.8, 4) is 11.1 Å². The van der Waals surface area contributed by atoms with Crippen LogP contribution in [0, 0.1) is 0 Å². The molecule has 194 valence electrons. The molecule has 11 heteroatoms. The Labute approximate surface area is 222 Å². The minimum absolute atomic E-state index is 0.0131. The van der Waals surface area contributed by atoms with E-state index in [1.165, 1.54) is 9.58 Å². The molecule has 1 aliphatic rings. The fourth-order valence-corrected chi connectivity index (χ4v) is 4.89. The zero-order valence-electron chi connectivity index (χ0n) is 20.2. The quantitative estimate of drug-likeness (QED) is 0.377. The third-order valence-electron chi connectivity index (χ3n) is 6.49. The van der Waals surface area contributed by atoms with Crippen molar-refractivity contribution in [2.75, 3.05) is 6.54 Å². The van der Waals surface area contributed by atoms with Gasteiger partial charge in [-0.3, -0.25) is 24.0 Å². The van der Waals surface area contributed by atoms with Crippen LogP contribution in [-0.2, 0) is 22.7 Å². The van der Waals surface area contributed by atoms with E-state index in [2.05, 4.69) is 15.4 Å². The second-order valence-corrected chi connectivity index (χ2v) is 9.52. The van der Waals surface area contributed by atoms with Crippen molar-refractivity contribution in [2.24, 2.45) is 5.73 Å². The number of likely N-dealkylation sites (tertiary alicyclic amines) is 1. The van der Waals surface area contributed by atoms with Gasteiger partial charge in [-0.1, -0.05) is 35.9 Å². The fourth-order valence-electron chi connectivity index (χ4n) is 4.68. The molecule has 2 aromatic heterocycles. The summed E-state index contributed by atoms with van der Waals surface area (Å²) in [5, 5.41) is 8.06. The van der Waals surface area contributed by atoms with E-state index >= 15 is 0 Å². The zero-order chi connectivity index (χ0) is 26.8. The molecule has 9 nitrogen and oxygen atoms in total. The van der Waals surface area contributed by atoms with Gasteiger partial charge in [-0.05, 0) is 41.5 Å². The van der Waals surface area contributed by atoms with Crippen LogP contribution in [0.4, 0.5) is 4.39 Å². The number of aromatic nitrogens is 3. The number of nitrogens with zero attached hydrogens (tertiary/aromatic N) is 4. The molecule has 1 fully saturated rings. The Hall–Kier alpha value is -4.31. The van der Waals surface area contributed by atoms with Gasteiger partial charge in [0.1, 0.15) is 18.8 Å². The number of hydrogen-bond acceptors (Lipinski definition) is 5. The summed E-state index contributed by atoms with van der Waals surface area (Å²) < 4.78 is 15.7. The number of amides is 3. The van der Waals surface area contributed by atoms with Gasteiger partial charge in [0.2, 0.25) is 11.8 Å². The van der Waals surface area contributed by atoms with Gasteiger partial charge in [-0.25, -0.2) is 4.39 Å². The predicted molar refractivity (Wildman–Crippen MR) is 140 cm³/mol. The minimum atomic E-state index is -1.33. The molecule has 5 rings (SSSR count). The number of rotatable bonds is 7. The Kier molecular flexibility index (Phi) is 7.06. The van der Waals surface area contributed by atoms with Crippen LogP contribution < -0.4 is 11.1 Å². The van der Waals surface area contributed by atoms with E-state index in [9.17, 15) is 18.8 Å². The molecule has 38 heavy (non-hydrogen) atoms. The van der Waals surface area contributed by atoms with Crippen molar-refractivity contribution in [1.82, 2.24) is 25.0 Å². The average molecular weight is 535 g/mol. The lowest BCUT2D eigenvalue weighted by molar-refractivity contribution is -0.139. The predicted octanol–water partition coefficient (Wildman–Crippen LogP) is 3.11. The number of hydrogen-bond donors (Lipinski definition) is 2. The van der Waals surface area contributed by atoms with E-state index in [1.807, 2.05) is 12.1 Å². The summed E-state index contributed by atoms with van der Waals surface area (Å²) in [5.41, 5.74) is 8.52. The smallest absolute Gasteiger partial charge is 0.269 e. The maximum absolute atomic E-state index is 14.4. The standard InChI is InChI=1S/C27H24ClFN6O3/c28-19-5-1-3-16(9-19)12-32-27(38)23-11-20(29)14-34(23)24(36)15-35-22-7-6-17(18-4-2-8-31-13-18)10-21(22)25(33-35)26(30)37/h1-10,13,20,23H,11-12,14-15H2,(H2,30,37)(H,32,38)/t20-,23+/m1/s1. The van der Waals surface area contributed by atoms with Crippen LogP contribution in [0.15, 0.2) is 67.0 Å². The first-order valence-electron chi connectivity index (χ1n) is 12.0. The van der Waals surface area contributed by atoms with Gasteiger partial charge in [0.05, 0.1) is 12.1 Å². The number of benzene rings is 2. The molecular formula is C27H24ClFN6O3. The number of pyridine rings is 1. The van der Waals surface area contributed by atoms with E-state index in [4.69, 9.17) is 17.3 Å². The van der Waals surface area contributed by atoms with Gasteiger partial charge in [-0.2, -0.15) is 5.10 Å². The molecule has 0 bridgehead atoms. The molecule has 0 saturated carbocycles. The van der Waals surface area contributed by atoms with E-state index in [0.29, 0.717) is 15.9 Å². The Balaban J connectivity index is 1.36. The van der Waals surface area contributed by atoms with E-state index in [1.54, 1.807) is 54.9 Å². The lowest BCUT2D eigenvalue weighted by atomic mass is 10.0. The molecule has 2 aromatic carbocycles. The number of alkyl halides is 1. The van der Waals surface area contributed by atoms with Crippen molar-refractivity contribution in [2.45, 2.75) is 31.7 Å². The Morgan fingerprint density at radius 3 is 2.68 bits per heavy atom. The van der Waals surface area contributed by atoms with Gasteiger partial charge in [0.15, 0.2) is 5.69 Å². The first-order chi connectivity index (χ1) is 18.3. The van der Waals surface area contributed by atoms with Crippen LogP contribution in [0.3, 0.4) is 0 Å². The highest BCUT2D eigenvalue weighted by Gasteiger charge is 2.40. The monoisotopic (exact) mass is 534 g/mol. The average Bonchev–Trinajstić information content (AvgIpc) is 3.48. The van der Waals surface area contributed by atoms with Crippen LogP contribution in [0.2, 0.25) is 5.02 Å². The highest BCUT2D eigenvalue weighted by molar-refractivity contribution is 6.30. The fraction of sp³-hybridized carbons (Fsp3) is 0.222. The normalized spacial score (nSPS) is 17.1. The molecule has 3 heterocycles. The molecule has 4 aromatic rings. The SMILES string of the molecule is NC(=O)c1nn(CC(=O)N2C[C@H](F)C[C@H]2C(=O)NCc2cccc(Cl)c2)c2ccc(-c3cccnc3)cc12. The Morgan fingerprint density at radius 1 is 1.11 bits per heavy atom. The third-order valence-corrected chi connectivity index (χ3v) is 6.73. The van der Waals surface area contributed by atoms with Crippen molar-refractivity contribution in [3.05, 3.63) is 83.3 Å². The summed E-state index contributed by atoms with van der Waals surface area (Å²) in [5.74, 6) is -1.69. The molecular weight excluding hydrogens is 511 g/mol. The number of primary amides is 1. The molecule has 0 unspecified atom stereocenters. The first-order valence-corrected chi connectivity index (χ1v) is 12.3. The number of carbonyl (C=O) groups is 3. The second-order valence-electron chi connectivity index (χ2n) is 9.09. The summed E-state index contributed by atoms with van der Waals surface area (Å²) in [4.78, 5) is 43.7. The lowest BCUT2D eigenvalue weighted by Gasteiger charge is -2.23. The van der Waals surface area contributed by atoms with Crippen molar-refractivity contribution < 1.29 is 18.8 Å². The first kappa shape index (κ1) is 25.3. The summed E-state index contributed by atoms with van der Waals surface area (Å²) in [7, 11) is 0. The van der Waals surface area contributed by atoms with Gasteiger partial charge < -0.3 is 16.0 Å². The van der Waals surface area contributed by atoms with E-state index < -0.39 is 29.9 Å². The van der Waals surface area contributed by atoms with E-state index in [-0.39, 0.29) is 31.7 Å². The Morgan fingerprint density at radius 2 is 1.95 bits per heavy atom. The number of fused-ring (bicyclic) bond motifs is 1. The molecule has 0 aliphatic carbocycles. The molecule has 0 radical (unpaired) electrons. The minimum Gasteiger partial charge on any atom is -0.364 e. The van der Waals surface area contributed by atoms with Crippen LogP contribution >= 0.6 is 11.6 Å². The molecule has 1 saturated heterocycles. The van der Waals surface area contributed by atoms with Gasteiger partial charge in [0.25, 0.3) is 5.91 Å². The highest BCUT2D eigenvalue weighted by Crippen LogP contribution is 2.27. The van der Waals surface area contributed by atoms with Crippen molar-refractivity contribution in [1.29, 1.82) is 0 Å². The highest BCUT2D eigenvalue weighted by atomic mass is 35.5. The summed E-state index contributed by atoms with van der Waals surface area (Å²) in [6.07, 6.45) is 1.91. The summed E-state index contributed by atoms with van der Waals surface area (Å²) in [6, 6.07) is 15.1. The zero-order valence-corrected chi connectivity index (χ0v) is 20.9. The second kappa shape index (κ2) is 10.6. The van der Waals surface area contributed by atoms with Crippen LogP contribution in [0.5, 0.6) is 0 Å². The number of halogens is 2. The topological polar surface area (TPSA) is 123 Å². The third kappa shape index (κ3) is 5.21. The van der Waals surface area contributed by atoms with Crippen LogP contribution in [0.1, 0.15) is 22.5 Å². The summed E-state index contributed by atoms with van der Waals surface area (Å²) in [6.45, 7) is -0.304. The van der Waals surface area contributed by atoms with Gasteiger partial charge >= 0.3 is 0 Å². The maximum atomic E-state index is 14.4. The van der Waals surface area contributed by atoms with Gasteiger partial charge in [-0.15, -0.1) is 0 Å². The molecule has 3 amide bonds. The van der Waals surface area contributed by atoms with E-state index in [0.717, 1.165) is 16.7 Å².